The van der Waals surface area contributed by atoms with Crippen molar-refractivity contribution < 1.29 is 28.5 Å². The van der Waals surface area contributed by atoms with E-state index in [0.717, 1.165) is 0 Å². The predicted octanol–water partition coefficient (Wildman–Crippen LogP) is 0.0903. The molecular weight excluding hydrogens is 195 g/mol. The summed E-state index contributed by atoms with van der Waals surface area (Å²) in [6, 6.07) is 0. The average Bonchev–Trinajstić information content (AvgIpc) is 2.15. The molecule has 0 spiro atoms. The van der Waals surface area contributed by atoms with Gasteiger partial charge in [-0.15, -0.1) is 0 Å². The summed E-state index contributed by atoms with van der Waals surface area (Å²) in [4.78, 5) is 9.99. The van der Waals surface area contributed by atoms with E-state index < -0.39 is 12.6 Å². The number of carbonyl (C=O) groups is 1. The Labute approximate surface area is 81.8 Å². The lowest BCUT2D eigenvalue weighted by Crippen LogP contribution is -2.13. The molecule has 5 nitrogen and oxygen atoms in total. The number of carboxylic acids is 1. The average molecular weight is 210 g/mol. The van der Waals surface area contributed by atoms with Crippen molar-refractivity contribution >= 4 is 5.97 Å². The van der Waals surface area contributed by atoms with E-state index in [1.54, 1.807) is 0 Å². The normalized spacial score (nSPS) is 10.4. The first kappa shape index (κ1) is 13.3. The van der Waals surface area contributed by atoms with Gasteiger partial charge in [0.25, 0.3) is 0 Å². The molecule has 0 radical (unpaired) electrons. The fraction of sp³-hybridized carbons (Fsp3) is 0.875. The maximum Gasteiger partial charge on any atom is 0.329 e. The van der Waals surface area contributed by atoms with Crippen molar-refractivity contribution in [2.45, 2.75) is 0 Å². The van der Waals surface area contributed by atoms with Crippen LogP contribution in [0.2, 0.25) is 0 Å². The molecule has 84 valence electrons. The molecule has 0 aliphatic carbocycles. The highest BCUT2D eigenvalue weighted by Crippen LogP contribution is 1.81. The molecule has 0 unspecified atom stereocenters. The van der Waals surface area contributed by atoms with Gasteiger partial charge in [0.1, 0.15) is 13.3 Å². The molecule has 0 atom stereocenters. The fourth-order valence-corrected chi connectivity index (χ4v) is 0.654. The summed E-state index contributed by atoms with van der Waals surface area (Å²) < 4.78 is 26.0. The van der Waals surface area contributed by atoms with Crippen LogP contribution < -0.4 is 0 Å². The van der Waals surface area contributed by atoms with Gasteiger partial charge in [-0.25, -0.2) is 9.18 Å². The molecule has 0 amide bonds. The topological polar surface area (TPSA) is 65.0 Å². The number of ether oxygens (including phenoxy) is 3. The Kier molecular flexibility index (Phi) is 9.83. The maximum absolute atomic E-state index is 11.5. The summed E-state index contributed by atoms with van der Waals surface area (Å²) in [5, 5.41) is 8.19. The Morgan fingerprint density at radius 1 is 1.00 bits per heavy atom. The summed E-state index contributed by atoms with van der Waals surface area (Å²) in [7, 11) is 0. The molecule has 0 fully saturated rings. The highest BCUT2D eigenvalue weighted by Gasteiger charge is 1.95. The molecule has 0 rings (SSSR count). The van der Waals surface area contributed by atoms with Gasteiger partial charge in [0, 0.05) is 0 Å². The van der Waals surface area contributed by atoms with Gasteiger partial charge in [-0.2, -0.15) is 0 Å². The fourth-order valence-electron chi connectivity index (χ4n) is 0.654. The van der Waals surface area contributed by atoms with E-state index in [1.165, 1.54) is 0 Å². The van der Waals surface area contributed by atoms with E-state index in [4.69, 9.17) is 19.3 Å². The van der Waals surface area contributed by atoms with Gasteiger partial charge in [-0.05, 0) is 0 Å². The van der Waals surface area contributed by atoms with E-state index >= 15 is 0 Å². The lowest BCUT2D eigenvalue weighted by Gasteiger charge is -2.04. The molecule has 0 aromatic carbocycles. The van der Waals surface area contributed by atoms with E-state index in [-0.39, 0.29) is 19.8 Å². The Hall–Kier alpha value is -0.720. The van der Waals surface area contributed by atoms with Crippen LogP contribution in [0.15, 0.2) is 0 Å². The van der Waals surface area contributed by atoms with Gasteiger partial charge < -0.3 is 19.3 Å². The zero-order valence-electron chi connectivity index (χ0n) is 7.91. The number of hydrogen-bond acceptors (Lipinski definition) is 4. The Bertz CT molecular complexity index is 142. The summed E-state index contributed by atoms with van der Waals surface area (Å²) in [6.07, 6.45) is 0. The Morgan fingerprint density at radius 2 is 1.50 bits per heavy atom. The molecule has 0 saturated heterocycles. The Balaban J connectivity index is 2.88. The molecule has 0 saturated carbocycles. The van der Waals surface area contributed by atoms with Crippen molar-refractivity contribution in [1.29, 1.82) is 0 Å². The van der Waals surface area contributed by atoms with Crippen molar-refractivity contribution in [3.05, 3.63) is 0 Å². The monoisotopic (exact) mass is 210 g/mol. The molecular formula is C8H15FO5. The summed E-state index contributed by atoms with van der Waals surface area (Å²) in [5.41, 5.74) is 0. The number of carboxylic acid groups (broad SMARTS) is 1. The smallest absolute Gasteiger partial charge is 0.329 e. The zero-order valence-corrected chi connectivity index (χ0v) is 7.91. The van der Waals surface area contributed by atoms with Crippen molar-refractivity contribution in [2.75, 3.05) is 46.3 Å². The van der Waals surface area contributed by atoms with Crippen LogP contribution in [0.25, 0.3) is 0 Å². The van der Waals surface area contributed by atoms with Crippen LogP contribution in [0, 0.1) is 0 Å². The van der Waals surface area contributed by atoms with Crippen molar-refractivity contribution in [2.24, 2.45) is 0 Å². The molecule has 0 aromatic rings. The highest BCUT2D eigenvalue weighted by atomic mass is 19.1. The molecule has 1 N–H and O–H groups in total. The summed E-state index contributed by atoms with van der Waals surface area (Å²) >= 11 is 0. The number of alkyl halides is 1. The van der Waals surface area contributed by atoms with Crippen LogP contribution in [-0.2, 0) is 19.0 Å². The first-order valence-corrected chi connectivity index (χ1v) is 4.28. The van der Waals surface area contributed by atoms with E-state index in [1.807, 2.05) is 0 Å². The van der Waals surface area contributed by atoms with Crippen LogP contribution in [-0.4, -0.2) is 57.4 Å². The van der Waals surface area contributed by atoms with Gasteiger partial charge in [0.15, 0.2) is 0 Å². The van der Waals surface area contributed by atoms with Gasteiger partial charge in [-0.3, -0.25) is 0 Å². The molecule has 14 heavy (non-hydrogen) atoms. The van der Waals surface area contributed by atoms with E-state index in [2.05, 4.69) is 0 Å². The van der Waals surface area contributed by atoms with Crippen LogP contribution in [0.3, 0.4) is 0 Å². The van der Waals surface area contributed by atoms with Crippen LogP contribution >= 0.6 is 0 Å². The van der Waals surface area contributed by atoms with Crippen LogP contribution in [0.5, 0.6) is 0 Å². The molecule has 0 aliphatic heterocycles. The van der Waals surface area contributed by atoms with E-state index in [9.17, 15) is 9.18 Å². The minimum Gasteiger partial charge on any atom is -0.480 e. The largest absolute Gasteiger partial charge is 0.480 e. The number of hydrogen-bond donors (Lipinski definition) is 1. The molecule has 0 aliphatic rings. The third-order valence-corrected chi connectivity index (χ3v) is 1.19. The second-order valence-electron chi connectivity index (χ2n) is 2.36. The first-order valence-electron chi connectivity index (χ1n) is 4.28. The molecule has 0 bridgehead atoms. The van der Waals surface area contributed by atoms with Gasteiger partial charge >= 0.3 is 5.97 Å². The Morgan fingerprint density at radius 3 is 2.00 bits per heavy atom. The number of aliphatic carboxylic acids is 1. The molecule has 6 heteroatoms. The summed E-state index contributed by atoms with van der Waals surface area (Å²) in [5.74, 6) is -1.00. The van der Waals surface area contributed by atoms with Gasteiger partial charge in [-0.1, -0.05) is 0 Å². The third kappa shape index (κ3) is 11.3. The minimum atomic E-state index is -1.00. The summed E-state index contributed by atoms with van der Waals surface area (Å²) in [6.45, 7) is 0.503. The molecule has 0 heterocycles. The van der Waals surface area contributed by atoms with Gasteiger partial charge in [0.2, 0.25) is 0 Å². The lowest BCUT2D eigenvalue weighted by atomic mass is 10.7. The van der Waals surface area contributed by atoms with E-state index in [0.29, 0.717) is 19.8 Å². The standard InChI is InChI=1S/C8H15FO5/c9-1-2-12-3-4-13-5-6-14-7-8(10)11/h1-7H2,(H,10,11). The van der Waals surface area contributed by atoms with Gasteiger partial charge in [0.05, 0.1) is 33.0 Å². The quantitative estimate of drug-likeness (QED) is 0.518. The number of rotatable bonds is 10. The second kappa shape index (κ2) is 10.4. The minimum absolute atomic E-state index is 0.0822. The maximum atomic E-state index is 11.5. The second-order valence-corrected chi connectivity index (χ2v) is 2.36. The van der Waals surface area contributed by atoms with Crippen LogP contribution in [0.4, 0.5) is 4.39 Å². The number of halogens is 1. The van der Waals surface area contributed by atoms with Crippen molar-refractivity contribution in [1.82, 2.24) is 0 Å². The van der Waals surface area contributed by atoms with Crippen LogP contribution in [0.1, 0.15) is 0 Å². The lowest BCUT2D eigenvalue weighted by molar-refractivity contribution is -0.142. The van der Waals surface area contributed by atoms with Crippen molar-refractivity contribution in [3.63, 3.8) is 0 Å². The van der Waals surface area contributed by atoms with Crippen molar-refractivity contribution in [3.8, 4) is 0 Å². The highest BCUT2D eigenvalue weighted by molar-refractivity contribution is 5.67. The first-order chi connectivity index (χ1) is 6.77. The molecule has 0 aromatic heterocycles. The zero-order chi connectivity index (χ0) is 10.6. The predicted molar refractivity (Wildman–Crippen MR) is 46.1 cm³/mol. The third-order valence-electron chi connectivity index (χ3n) is 1.19. The SMILES string of the molecule is O=C(O)COCCOCCOCCF.